The molecular formula is C19H21N3O4S2. The maximum atomic E-state index is 12.3. The van der Waals surface area contributed by atoms with E-state index in [2.05, 4.69) is 10.6 Å². The number of hydrogen-bond donors (Lipinski definition) is 2. The summed E-state index contributed by atoms with van der Waals surface area (Å²) in [4.78, 5) is 25.5. The number of nitrogens with one attached hydrogen (secondary N) is 2. The van der Waals surface area contributed by atoms with Crippen molar-refractivity contribution in [3.63, 3.8) is 0 Å². The van der Waals surface area contributed by atoms with Crippen molar-refractivity contribution in [2.45, 2.75) is 18.2 Å². The summed E-state index contributed by atoms with van der Waals surface area (Å²) >= 11 is 1.53. The van der Waals surface area contributed by atoms with Crippen LogP contribution in [0.1, 0.15) is 12.0 Å². The van der Waals surface area contributed by atoms with Gasteiger partial charge in [-0.15, -0.1) is 11.8 Å². The summed E-state index contributed by atoms with van der Waals surface area (Å²) in [5.41, 5.74) is 2.13. The van der Waals surface area contributed by atoms with Crippen molar-refractivity contribution >= 4 is 50.7 Å². The summed E-state index contributed by atoms with van der Waals surface area (Å²) in [6, 6.07) is 12.2. The van der Waals surface area contributed by atoms with Gasteiger partial charge in [-0.1, -0.05) is 12.1 Å². The van der Waals surface area contributed by atoms with Gasteiger partial charge in [0, 0.05) is 22.8 Å². The molecular weight excluding hydrogens is 398 g/mol. The van der Waals surface area contributed by atoms with Gasteiger partial charge in [-0.3, -0.25) is 13.9 Å². The summed E-state index contributed by atoms with van der Waals surface area (Å²) in [6.45, 7) is 2.18. The highest BCUT2D eigenvalue weighted by molar-refractivity contribution is 7.98. The molecule has 28 heavy (non-hydrogen) atoms. The lowest BCUT2D eigenvalue weighted by Gasteiger charge is -2.19. The molecule has 3 rings (SSSR count). The van der Waals surface area contributed by atoms with Crippen molar-refractivity contribution in [1.82, 2.24) is 0 Å². The number of aryl methyl sites for hydroxylation is 1. The van der Waals surface area contributed by atoms with Gasteiger partial charge in [0.15, 0.2) is 0 Å². The predicted octanol–water partition coefficient (Wildman–Crippen LogP) is 2.83. The third kappa shape index (κ3) is 4.48. The highest BCUT2D eigenvalue weighted by Crippen LogP contribution is 2.28. The molecule has 0 unspecified atom stereocenters. The van der Waals surface area contributed by atoms with E-state index >= 15 is 0 Å². The SMILES string of the molecule is CSc1cccc(NC(=O)C(=O)Nc2cc(N3CCCS3(=O)=O)ccc2C)c1. The quantitative estimate of drug-likeness (QED) is 0.587. The number of rotatable bonds is 4. The van der Waals surface area contributed by atoms with Gasteiger partial charge in [-0.05, 0) is 55.5 Å². The molecule has 7 nitrogen and oxygen atoms in total. The smallest absolute Gasteiger partial charge is 0.314 e. The number of thioether (sulfide) groups is 1. The van der Waals surface area contributed by atoms with Crippen LogP contribution in [0.25, 0.3) is 0 Å². The van der Waals surface area contributed by atoms with Gasteiger partial charge >= 0.3 is 11.8 Å². The third-order valence-electron chi connectivity index (χ3n) is 4.39. The van der Waals surface area contributed by atoms with Crippen LogP contribution >= 0.6 is 11.8 Å². The molecule has 0 saturated carbocycles. The first-order valence-electron chi connectivity index (χ1n) is 8.67. The van der Waals surface area contributed by atoms with Crippen LogP contribution in [0.3, 0.4) is 0 Å². The molecule has 0 aliphatic carbocycles. The standard InChI is InChI=1S/C19H21N3O4S2/c1-13-7-8-15(22-9-4-10-28(22,25)26)12-17(13)21-19(24)18(23)20-14-5-3-6-16(11-14)27-2/h3,5-8,11-12H,4,9-10H2,1-2H3,(H,20,23)(H,21,24). The fourth-order valence-electron chi connectivity index (χ4n) is 2.90. The number of nitrogens with zero attached hydrogens (tertiary/aromatic N) is 1. The Labute approximate surface area is 168 Å². The molecule has 2 amide bonds. The molecule has 1 heterocycles. The molecule has 1 saturated heterocycles. The van der Waals surface area contributed by atoms with Crippen molar-refractivity contribution in [3.05, 3.63) is 48.0 Å². The van der Waals surface area contributed by atoms with Gasteiger partial charge in [0.05, 0.1) is 11.4 Å². The van der Waals surface area contributed by atoms with Crippen LogP contribution < -0.4 is 14.9 Å². The van der Waals surface area contributed by atoms with E-state index in [0.29, 0.717) is 30.0 Å². The normalized spacial score (nSPS) is 15.3. The number of hydrogen-bond acceptors (Lipinski definition) is 5. The zero-order valence-electron chi connectivity index (χ0n) is 15.6. The first-order valence-corrected chi connectivity index (χ1v) is 11.5. The second-order valence-corrected chi connectivity index (χ2v) is 9.27. The molecule has 2 N–H and O–H groups in total. The van der Waals surface area contributed by atoms with E-state index < -0.39 is 21.8 Å². The summed E-state index contributed by atoms with van der Waals surface area (Å²) in [5, 5.41) is 5.14. The van der Waals surface area contributed by atoms with Gasteiger partial charge in [-0.2, -0.15) is 0 Å². The van der Waals surface area contributed by atoms with Crippen LogP contribution in [0.2, 0.25) is 0 Å². The Bertz CT molecular complexity index is 1020. The third-order valence-corrected chi connectivity index (χ3v) is 6.99. The van der Waals surface area contributed by atoms with E-state index in [9.17, 15) is 18.0 Å². The monoisotopic (exact) mass is 419 g/mol. The fourth-order valence-corrected chi connectivity index (χ4v) is 4.91. The number of carbonyl (C=O) groups excluding carboxylic acids is 2. The zero-order chi connectivity index (χ0) is 20.3. The van der Waals surface area contributed by atoms with Crippen LogP contribution in [-0.4, -0.2) is 38.8 Å². The Morgan fingerprint density at radius 1 is 1.07 bits per heavy atom. The Morgan fingerprint density at radius 2 is 1.82 bits per heavy atom. The van der Waals surface area contributed by atoms with Crippen molar-refractivity contribution in [2.24, 2.45) is 0 Å². The molecule has 0 atom stereocenters. The van der Waals surface area contributed by atoms with Crippen molar-refractivity contribution < 1.29 is 18.0 Å². The maximum Gasteiger partial charge on any atom is 0.314 e. The summed E-state index contributed by atoms with van der Waals surface area (Å²) < 4.78 is 25.6. The maximum absolute atomic E-state index is 12.3. The van der Waals surface area contributed by atoms with E-state index in [1.54, 1.807) is 43.3 Å². The first kappa shape index (κ1) is 20.2. The molecule has 0 aromatic heterocycles. The van der Waals surface area contributed by atoms with Crippen LogP contribution in [-0.2, 0) is 19.6 Å². The van der Waals surface area contributed by atoms with Crippen LogP contribution in [0.15, 0.2) is 47.4 Å². The zero-order valence-corrected chi connectivity index (χ0v) is 17.2. The summed E-state index contributed by atoms with van der Waals surface area (Å²) in [7, 11) is -3.32. The van der Waals surface area contributed by atoms with Gasteiger partial charge in [-0.25, -0.2) is 8.42 Å². The lowest BCUT2D eigenvalue weighted by atomic mass is 10.1. The molecule has 1 aliphatic heterocycles. The molecule has 0 spiro atoms. The number of benzene rings is 2. The van der Waals surface area contributed by atoms with E-state index in [-0.39, 0.29) is 5.75 Å². The number of carbonyl (C=O) groups is 2. The molecule has 9 heteroatoms. The van der Waals surface area contributed by atoms with Gasteiger partial charge in [0.2, 0.25) is 10.0 Å². The number of sulfonamides is 1. The molecule has 2 aromatic rings. The first-order chi connectivity index (χ1) is 13.3. The Hall–Kier alpha value is -2.52. The molecule has 0 bridgehead atoms. The number of amides is 2. The average Bonchev–Trinajstić information content (AvgIpc) is 3.02. The van der Waals surface area contributed by atoms with Crippen molar-refractivity contribution in [2.75, 3.05) is 33.5 Å². The van der Waals surface area contributed by atoms with Gasteiger partial charge < -0.3 is 10.6 Å². The largest absolute Gasteiger partial charge is 0.318 e. The highest BCUT2D eigenvalue weighted by atomic mass is 32.2. The van der Waals surface area contributed by atoms with E-state index in [4.69, 9.17) is 0 Å². The Morgan fingerprint density at radius 3 is 2.50 bits per heavy atom. The predicted molar refractivity (Wildman–Crippen MR) is 112 cm³/mol. The molecule has 1 aliphatic rings. The lowest BCUT2D eigenvalue weighted by molar-refractivity contribution is -0.133. The highest BCUT2D eigenvalue weighted by Gasteiger charge is 2.29. The minimum absolute atomic E-state index is 0.111. The number of anilines is 3. The average molecular weight is 420 g/mol. The fraction of sp³-hybridized carbons (Fsp3) is 0.263. The van der Waals surface area contributed by atoms with Crippen molar-refractivity contribution in [3.8, 4) is 0 Å². The minimum atomic E-state index is -3.32. The lowest BCUT2D eigenvalue weighted by Crippen LogP contribution is -2.29. The molecule has 1 fully saturated rings. The summed E-state index contributed by atoms with van der Waals surface area (Å²) in [5.74, 6) is -1.50. The van der Waals surface area contributed by atoms with Crippen LogP contribution in [0.5, 0.6) is 0 Å². The second-order valence-electron chi connectivity index (χ2n) is 6.38. The molecule has 0 radical (unpaired) electrons. The van der Waals surface area contributed by atoms with Crippen molar-refractivity contribution in [1.29, 1.82) is 0 Å². The van der Waals surface area contributed by atoms with E-state index in [1.165, 1.54) is 16.1 Å². The van der Waals surface area contributed by atoms with Crippen LogP contribution in [0, 0.1) is 6.92 Å². The Kier molecular flexibility index (Phi) is 5.95. The van der Waals surface area contributed by atoms with Crippen LogP contribution in [0.4, 0.5) is 17.1 Å². The van der Waals surface area contributed by atoms with Gasteiger partial charge in [0.1, 0.15) is 0 Å². The minimum Gasteiger partial charge on any atom is -0.318 e. The van der Waals surface area contributed by atoms with Gasteiger partial charge in [0.25, 0.3) is 0 Å². The Balaban J connectivity index is 1.74. The topological polar surface area (TPSA) is 95.6 Å². The van der Waals surface area contributed by atoms with E-state index in [1.807, 2.05) is 12.3 Å². The summed E-state index contributed by atoms with van der Waals surface area (Å²) in [6.07, 6.45) is 2.49. The van der Waals surface area contributed by atoms with E-state index in [0.717, 1.165) is 10.5 Å². The molecule has 148 valence electrons. The molecule has 2 aromatic carbocycles. The second kappa shape index (κ2) is 8.24.